The van der Waals surface area contributed by atoms with Crippen molar-refractivity contribution in [1.82, 2.24) is 10.0 Å². The molecule has 108 valence electrons. The molecule has 2 N–H and O–H groups in total. The second-order valence-corrected chi connectivity index (χ2v) is 8.25. The first-order valence-corrected chi connectivity index (χ1v) is 8.80. The summed E-state index contributed by atoms with van der Waals surface area (Å²) in [6, 6.07) is 6.99. The Hall–Kier alpha value is -0.560. The maximum absolute atomic E-state index is 12.2. The van der Waals surface area contributed by atoms with Gasteiger partial charge in [-0.3, -0.25) is 0 Å². The van der Waals surface area contributed by atoms with Gasteiger partial charge in [-0.25, -0.2) is 13.1 Å². The average molecular weight is 302 g/mol. The molecule has 0 fully saturated rings. The van der Waals surface area contributed by atoms with Crippen LogP contribution in [0.2, 0.25) is 0 Å². The minimum atomic E-state index is -3.44. The highest BCUT2D eigenvalue weighted by molar-refractivity contribution is 8.00. The summed E-state index contributed by atoms with van der Waals surface area (Å²) in [6.07, 6.45) is 1.97. The predicted octanol–water partition coefficient (Wildman–Crippen LogP) is 1.83. The zero-order chi connectivity index (χ0) is 14.5. The Bertz CT molecular complexity index is 513. The molecule has 1 aromatic rings. The topological polar surface area (TPSA) is 58.2 Å². The van der Waals surface area contributed by atoms with Crippen molar-refractivity contribution in [2.45, 2.75) is 30.0 Å². The SMILES string of the molecule is CNCc1cccc(S(=O)(=O)NCC(C)(C)SC)c1. The van der Waals surface area contributed by atoms with Crippen LogP contribution in [0.25, 0.3) is 0 Å². The zero-order valence-electron chi connectivity index (χ0n) is 11.9. The number of benzene rings is 1. The Balaban J connectivity index is 2.85. The molecule has 0 aliphatic carbocycles. The molecule has 6 heteroatoms. The van der Waals surface area contributed by atoms with Crippen molar-refractivity contribution in [2.24, 2.45) is 0 Å². The molecule has 1 rings (SSSR count). The third kappa shape index (κ3) is 5.14. The van der Waals surface area contributed by atoms with Gasteiger partial charge in [-0.05, 0) is 44.8 Å². The highest BCUT2D eigenvalue weighted by atomic mass is 32.2. The highest BCUT2D eigenvalue weighted by Gasteiger charge is 2.21. The quantitative estimate of drug-likeness (QED) is 0.807. The molecule has 0 amide bonds. The molecular formula is C13H22N2O2S2. The van der Waals surface area contributed by atoms with E-state index < -0.39 is 10.0 Å². The van der Waals surface area contributed by atoms with Gasteiger partial charge < -0.3 is 5.32 Å². The largest absolute Gasteiger partial charge is 0.316 e. The molecule has 0 aromatic heterocycles. The van der Waals surface area contributed by atoms with E-state index in [0.29, 0.717) is 18.0 Å². The molecule has 0 saturated heterocycles. The fourth-order valence-electron chi connectivity index (χ4n) is 1.45. The van der Waals surface area contributed by atoms with E-state index in [2.05, 4.69) is 10.0 Å². The van der Waals surface area contributed by atoms with Crippen molar-refractivity contribution < 1.29 is 8.42 Å². The first kappa shape index (κ1) is 16.5. The second kappa shape index (κ2) is 6.74. The summed E-state index contributed by atoms with van der Waals surface area (Å²) in [5, 5.41) is 3.01. The van der Waals surface area contributed by atoms with Gasteiger partial charge in [-0.1, -0.05) is 12.1 Å². The van der Waals surface area contributed by atoms with E-state index in [0.717, 1.165) is 5.56 Å². The van der Waals surface area contributed by atoms with Gasteiger partial charge in [-0.2, -0.15) is 11.8 Å². The van der Waals surface area contributed by atoms with Crippen LogP contribution in [0.15, 0.2) is 29.2 Å². The minimum absolute atomic E-state index is 0.115. The number of nitrogens with one attached hydrogen (secondary N) is 2. The van der Waals surface area contributed by atoms with Crippen molar-refractivity contribution >= 4 is 21.8 Å². The van der Waals surface area contributed by atoms with E-state index in [4.69, 9.17) is 0 Å². The molecule has 0 aliphatic heterocycles. The third-order valence-corrected chi connectivity index (χ3v) is 5.48. The summed E-state index contributed by atoms with van der Waals surface area (Å²) in [5.74, 6) is 0. The van der Waals surface area contributed by atoms with E-state index in [9.17, 15) is 8.42 Å². The van der Waals surface area contributed by atoms with Crippen LogP contribution in [-0.4, -0.2) is 33.0 Å². The van der Waals surface area contributed by atoms with Gasteiger partial charge >= 0.3 is 0 Å². The molecule has 0 radical (unpaired) electrons. The third-order valence-electron chi connectivity index (χ3n) is 2.83. The number of sulfonamides is 1. The monoisotopic (exact) mass is 302 g/mol. The molecule has 0 saturated carbocycles. The molecule has 0 atom stereocenters. The first-order valence-electron chi connectivity index (χ1n) is 6.09. The van der Waals surface area contributed by atoms with Crippen LogP contribution in [0, 0.1) is 0 Å². The van der Waals surface area contributed by atoms with Gasteiger partial charge in [-0.15, -0.1) is 0 Å². The summed E-state index contributed by atoms with van der Waals surface area (Å²) in [5.41, 5.74) is 0.953. The molecule has 0 unspecified atom stereocenters. The Morgan fingerprint density at radius 3 is 2.58 bits per heavy atom. The summed E-state index contributed by atoms with van der Waals surface area (Å²) >= 11 is 1.64. The maximum atomic E-state index is 12.2. The van der Waals surface area contributed by atoms with Crippen LogP contribution in [0.3, 0.4) is 0 Å². The average Bonchev–Trinajstić information content (AvgIpc) is 2.38. The fourth-order valence-corrected chi connectivity index (χ4v) is 3.04. The van der Waals surface area contributed by atoms with Gasteiger partial charge in [0, 0.05) is 17.8 Å². The summed E-state index contributed by atoms with van der Waals surface area (Å²) < 4.78 is 27.0. The molecule has 1 aromatic carbocycles. The van der Waals surface area contributed by atoms with Crippen LogP contribution in [0.4, 0.5) is 0 Å². The first-order chi connectivity index (χ1) is 8.80. The smallest absolute Gasteiger partial charge is 0.240 e. The van der Waals surface area contributed by atoms with Crippen LogP contribution in [0.1, 0.15) is 19.4 Å². The van der Waals surface area contributed by atoms with Crippen molar-refractivity contribution in [1.29, 1.82) is 0 Å². The lowest BCUT2D eigenvalue weighted by molar-refractivity contribution is 0.570. The zero-order valence-corrected chi connectivity index (χ0v) is 13.5. The summed E-state index contributed by atoms with van der Waals surface area (Å²) in [4.78, 5) is 0.317. The van der Waals surface area contributed by atoms with Gasteiger partial charge in [0.05, 0.1) is 4.90 Å². The van der Waals surface area contributed by atoms with E-state index >= 15 is 0 Å². The lowest BCUT2D eigenvalue weighted by Crippen LogP contribution is -2.36. The molecule has 0 heterocycles. The number of rotatable bonds is 7. The molecule has 4 nitrogen and oxygen atoms in total. The number of hydrogen-bond donors (Lipinski definition) is 2. The lowest BCUT2D eigenvalue weighted by Gasteiger charge is -2.22. The van der Waals surface area contributed by atoms with Crippen LogP contribution in [-0.2, 0) is 16.6 Å². The predicted molar refractivity (Wildman–Crippen MR) is 82.0 cm³/mol. The minimum Gasteiger partial charge on any atom is -0.316 e. The Labute approximate surface area is 120 Å². The van der Waals surface area contributed by atoms with Gasteiger partial charge in [0.2, 0.25) is 10.0 Å². The van der Waals surface area contributed by atoms with E-state index in [1.165, 1.54) is 0 Å². The Kier molecular flexibility index (Phi) is 5.85. The van der Waals surface area contributed by atoms with Gasteiger partial charge in [0.15, 0.2) is 0 Å². The summed E-state index contributed by atoms with van der Waals surface area (Å²) in [6.45, 7) is 5.08. The normalized spacial score (nSPS) is 12.6. The maximum Gasteiger partial charge on any atom is 0.240 e. The Morgan fingerprint density at radius 1 is 1.32 bits per heavy atom. The van der Waals surface area contributed by atoms with E-state index in [1.54, 1.807) is 30.0 Å². The van der Waals surface area contributed by atoms with Crippen LogP contribution >= 0.6 is 11.8 Å². The van der Waals surface area contributed by atoms with Crippen molar-refractivity contribution in [3.8, 4) is 0 Å². The Morgan fingerprint density at radius 2 is 2.00 bits per heavy atom. The van der Waals surface area contributed by atoms with Crippen molar-refractivity contribution in [2.75, 3.05) is 19.8 Å². The number of thioether (sulfide) groups is 1. The van der Waals surface area contributed by atoms with Crippen molar-refractivity contribution in [3.05, 3.63) is 29.8 Å². The fraction of sp³-hybridized carbons (Fsp3) is 0.538. The van der Waals surface area contributed by atoms with E-state index in [1.807, 2.05) is 33.2 Å². The molecule has 0 aliphatic rings. The molecule has 0 bridgehead atoms. The highest BCUT2D eigenvalue weighted by Crippen LogP contribution is 2.21. The van der Waals surface area contributed by atoms with Gasteiger partial charge in [0.25, 0.3) is 0 Å². The van der Waals surface area contributed by atoms with E-state index in [-0.39, 0.29) is 4.75 Å². The molecular weight excluding hydrogens is 280 g/mol. The lowest BCUT2D eigenvalue weighted by atomic mass is 10.2. The van der Waals surface area contributed by atoms with Crippen LogP contribution in [0.5, 0.6) is 0 Å². The van der Waals surface area contributed by atoms with Gasteiger partial charge in [0.1, 0.15) is 0 Å². The second-order valence-electron chi connectivity index (χ2n) is 4.97. The number of hydrogen-bond acceptors (Lipinski definition) is 4. The summed E-state index contributed by atoms with van der Waals surface area (Å²) in [7, 11) is -1.60. The molecule has 0 spiro atoms. The molecule has 19 heavy (non-hydrogen) atoms. The standard InChI is InChI=1S/C13H22N2O2S2/c1-13(2,18-4)10-15-19(16,17)12-7-5-6-11(8-12)9-14-3/h5-8,14-15H,9-10H2,1-4H3. The van der Waals surface area contributed by atoms with Crippen LogP contribution < -0.4 is 10.0 Å². The van der Waals surface area contributed by atoms with Crippen molar-refractivity contribution in [3.63, 3.8) is 0 Å².